The fraction of sp³-hybridized carbons (Fsp3) is 0.520. The van der Waals surface area contributed by atoms with Crippen LogP contribution in [0.15, 0.2) is 58.3 Å². The Bertz CT molecular complexity index is 732. The third-order valence-electron chi connectivity index (χ3n) is 5.56. The molecule has 2 saturated heterocycles. The molecule has 0 radical (unpaired) electrons. The van der Waals surface area contributed by atoms with Crippen molar-refractivity contribution >= 4 is 47.0 Å². The van der Waals surface area contributed by atoms with Gasteiger partial charge in [0, 0.05) is 49.7 Å². The van der Waals surface area contributed by atoms with E-state index in [0.29, 0.717) is 12.2 Å². The smallest absolute Gasteiger partial charge is 0.0900 e. The van der Waals surface area contributed by atoms with E-state index in [-0.39, 0.29) is 5.41 Å². The highest BCUT2D eigenvalue weighted by Crippen LogP contribution is 2.34. The van der Waals surface area contributed by atoms with Gasteiger partial charge in [-0.15, -0.1) is 23.5 Å². The van der Waals surface area contributed by atoms with Crippen molar-refractivity contribution < 1.29 is 9.47 Å². The van der Waals surface area contributed by atoms with Crippen LogP contribution in [0.3, 0.4) is 0 Å². The average Bonchev–Trinajstić information content (AvgIpc) is 3.70. The minimum absolute atomic E-state index is 0.00657. The molecule has 0 amide bonds. The Morgan fingerprint density at radius 3 is 1.42 bits per heavy atom. The minimum atomic E-state index is 0.00657. The molecule has 0 N–H and O–H groups in total. The first-order valence-corrected chi connectivity index (χ1v) is 15.2. The second-order valence-corrected chi connectivity index (χ2v) is 13.1. The fourth-order valence-corrected chi connectivity index (χ4v) is 7.28. The largest absolute Gasteiger partial charge is 0.372 e. The average molecular weight is 493 g/mol. The Morgan fingerprint density at radius 2 is 1.06 bits per heavy atom. The molecular weight excluding hydrogens is 461 g/mol. The van der Waals surface area contributed by atoms with E-state index < -0.39 is 0 Å². The Hall–Kier alpha value is -0.240. The molecule has 2 atom stereocenters. The van der Waals surface area contributed by atoms with Crippen molar-refractivity contribution in [3.8, 4) is 0 Å². The van der Waals surface area contributed by atoms with Crippen LogP contribution in [-0.4, -0.2) is 59.9 Å². The number of hydrogen-bond donors (Lipinski definition) is 0. The Morgan fingerprint density at radius 1 is 0.677 bits per heavy atom. The summed E-state index contributed by atoms with van der Waals surface area (Å²) in [6, 6.07) is 18.3. The van der Waals surface area contributed by atoms with Gasteiger partial charge in [0.15, 0.2) is 0 Å². The lowest BCUT2D eigenvalue weighted by atomic mass is 9.78. The van der Waals surface area contributed by atoms with Crippen molar-refractivity contribution in [3.63, 3.8) is 0 Å². The van der Waals surface area contributed by atoms with Gasteiger partial charge in [0.1, 0.15) is 0 Å². The van der Waals surface area contributed by atoms with Crippen LogP contribution in [0.5, 0.6) is 0 Å². The van der Waals surface area contributed by atoms with Crippen molar-refractivity contribution in [2.75, 3.05) is 47.7 Å². The standard InChI is InChI=1S/C25H32O2S4/c1-25(2,19-3-7-23(8-4-19)30-13-11-28-17-21-15-26-21)20-5-9-24(10-6-20)31-14-12-29-18-22-16-27-22/h3-10,21-22H,11-18H2,1-2H3. The summed E-state index contributed by atoms with van der Waals surface area (Å²) in [4.78, 5) is 2.72. The molecule has 2 aromatic rings. The molecule has 0 spiro atoms. The number of benzene rings is 2. The van der Waals surface area contributed by atoms with Crippen molar-refractivity contribution in [1.29, 1.82) is 0 Å². The summed E-state index contributed by atoms with van der Waals surface area (Å²) in [7, 11) is 0. The molecule has 0 aromatic heterocycles. The van der Waals surface area contributed by atoms with Crippen LogP contribution >= 0.6 is 47.0 Å². The maximum Gasteiger partial charge on any atom is 0.0900 e. The molecule has 2 aliphatic rings. The first-order chi connectivity index (χ1) is 15.1. The van der Waals surface area contributed by atoms with Crippen LogP contribution in [0, 0.1) is 0 Å². The summed E-state index contributed by atoms with van der Waals surface area (Å²) < 4.78 is 10.5. The lowest BCUT2D eigenvalue weighted by Gasteiger charge is -2.26. The number of thioether (sulfide) groups is 4. The monoisotopic (exact) mass is 492 g/mol. The number of epoxide rings is 2. The molecular formula is C25H32O2S4. The summed E-state index contributed by atoms with van der Waals surface area (Å²) in [6.07, 6.45) is 1.08. The van der Waals surface area contributed by atoms with Crippen LogP contribution in [0.1, 0.15) is 25.0 Å². The Labute approximate surface area is 204 Å². The van der Waals surface area contributed by atoms with Gasteiger partial charge in [-0.3, -0.25) is 0 Å². The lowest BCUT2D eigenvalue weighted by molar-refractivity contribution is 0.426. The third kappa shape index (κ3) is 7.94. The van der Waals surface area contributed by atoms with Crippen molar-refractivity contribution in [3.05, 3.63) is 59.7 Å². The SMILES string of the molecule is CC(C)(c1ccc(SCCSCC2CO2)cc1)c1ccc(SCCSCC2CO2)cc1. The van der Waals surface area contributed by atoms with Gasteiger partial charge in [0.2, 0.25) is 0 Å². The van der Waals surface area contributed by atoms with Crippen LogP contribution in [-0.2, 0) is 14.9 Å². The summed E-state index contributed by atoms with van der Waals surface area (Å²) >= 11 is 7.92. The van der Waals surface area contributed by atoms with Crippen molar-refractivity contribution in [2.24, 2.45) is 0 Å². The van der Waals surface area contributed by atoms with Gasteiger partial charge >= 0.3 is 0 Å². The molecule has 0 bridgehead atoms. The highest BCUT2D eigenvalue weighted by molar-refractivity contribution is 8.03. The quantitative estimate of drug-likeness (QED) is 0.170. The van der Waals surface area contributed by atoms with Gasteiger partial charge in [-0.1, -0.05) is 38.1 Å². The molecule has 2 nitrogen and oxygen atoms in total. The molecule has 168 valence electrons. The van der Waals surface area contributed by atoms with Crippen LogP contribution < -0.4 is 0 Å². The number of ether oxygens (including phenoxy) is 2. The van der Waals surface area contributed by atoms with E-state index >= 15 is 0 Å². The number of hydrogen-bond acceptors (Lipinski definition) is 6. The summed E-state index contributed by atoms with van der Waals surface area (Å²) in [5, 5.41) is 0. The maximum atomic E-state index is 5.26. The normalized spacial score (nSPS) is 20.1. The topological polar surface area (TPSA) is 25.1 Å². The fourth-order valence-electron chi connectivity index (χ4n) is 3.30. The Balaban J connectivity index is 1.22. The third-order valence-corrected chi connectivity index (χ3v) is 10.3. The summed E-state index contributed by atoms with van der Waals surface area (Å²) in [5.74, 6) is 7.00. The van der Waals surface area contributed by atoms with Gasteiger partial charge in [-0.2, -0.15) is 23.5 Å². The van der Waals surface area contributed by atoms with E-state index in [1.165, 1.54) is 32.4 Å². The van der Waals surface area contributed by atoms with Gasteiger partial charge in [-0.05, 0) is 35.4 Å². The van der Waals surface area contributed by atoms with E-state index in [1.54, 1.807) is 0 Å². The zero-order chi connectivity index (χ0) is 21.5. The molecule has 31 heavy (non-hydrogen) atoms. The predicted octanol–water partition coefficient (Wildman–Crippen LogP) is 6.46. The zero-order valence-electron chi connectivity index (χ0n) is 18.4. The van der Waals surface area contributed by atoms with Gasteiger partial charge in [-0.25, -0.2) is 0 Å². The predicted molar refractivity (Wildman–Crippen MR) is 141 cm³/mol. The van der Waals surface area contributed by atoms with E-state index in [1.807, 2.05) is 47.0 Å². The minimum Gasteiger partial charge on any atom is -0.372 e. The van der Waals surface area contributed by atoms with Gasteiger partial charge in [0.25, 0.3) is 0 Å². The van der Waals surface area contributed by atoms with Gasteiger partial charge in [0.05, 0.1) is 25.4 Å². The summed E-state index contributed by atoms with van der Waals surface area (Å²) in [5.41, 5.74) is 2.75. The molecule has 2 fully saturated rings. The second kappa shape index (κ2) is 11.8. The van der Waals surface area contributed by atoms with E-state index in [0.717, 1.165) is 36.2 Å². The molecule has 4 rings (SSSR count). The van der Waals surface area contributed by atoms with Crippen LogP contribution in [0.2, 0.25) is 0 Å². The highest BCUT2D eigenvalue weighted by Gasteiger charge is 2.24. The molecule has 0 aliphatic carbocycles. The zero-order valence-corrected chi connectivity index (χ0v) is 21.6. The van der Waals surface area contributed by atoms with Crippen molar-refractivity contribution in [1.82, 2.24) is 0 Å². The summed E-state index contributed by atoms with van der Waals surface area (Å²) in [6.45, 7) is 6.58. The second-order valence-electron chi connectivity index (χ2n) is 8.43. The number of rotatable bonds is 14. The van der Waals surface area contributed by atoms with Gasteiger partial charge < -0.3 is 9.47 Å². The molecule has 2 aromatic carbocycles. The molecule has 2 aliphatic heterocycles. The van der Waals surface area contributed by atoms with Crippen LogP contribution in [0.25, 0.3) is 0 Å². The molecule has 6 heteroatoms. The van der Waals surface area contributed by atoms with E-state index in [2.05, 4.69) is 62.4 Å². The Kier molecular flexibility index (Phi) is 9.06. The molecule has 2 unspecified atom stereocenters. The van der Waals surface area contributed by atoms with E-state index in [9.17, 15) is 0 Å². The van der Waals surface area contributed by atoms with Crippen molar-refractivity contribution in [2.45, 2.75) is 41.3 Å². The maximum absolute atomic E-state index is 5.26. The molecule has 2 heterocycles. The lowest BCUT2D eigenvalue weighted by Crippen LogP contribution is -2.18. The first kappa shape index (κ1) is 23.9. The highest BCUT2D eigenvalue weighted by atomic mass is 32.2. The first-order valence-electron chi connectivity index (χ1n) is 11.0. The van der Waals surface area contributed by atoms with Crippen LogP contribution in [0.4, 0.5) is 0 Å². The molecule has 0 saturated carbocycles. The van der Waals surface area contributed by atoms with E-state index in [4.69, 9.17) is 9.47 Å².